The molecule has 8 heteroatoms. The largest absolute Gasteiger partial charge is 0.497 e. The van der Waals surface area contributed by atoms with Crippen molar-refractivity contribution < 1.29 is 18.3 Å². The molecule has 0 aliphatic carbocycles. The standard InChI is InChI=1S/C17H27F2N3O2.HI/c1-12(2)6-5-9-21-17(20-3)22-11-13-7-8-14(23-4)10-15(13)24-16(18)19;/h7-8,10,12,16H,5-6,9,11H2,1-4H3,(H2,20,21,22);1H. The number of nitrogens with zero attached hydrogens (tertiary/aromatic N) is 1. The van der Waals surface area contributed by atoms with E-state index in [1.165, 1.54) is 13.2 Å². The Morgan fingerprint density at radius 2 is 1.96 bits per heavy atom. The van der Waals surface area contributed by atoms with Crippen molar-refractivity contribution in [3.8, 4) is 11.5 Å². The third-order valence-electron chi connectivity index (χ3n) is 3.41. The summed E-state index contributed by atoms with van der Waals surface area (Å²) in [6.07, 6.45) is 2.18. The van der Waals surface area contributed by atoms with Gasteiger partial charge in [-0.2, -0.15) is 8.78 Å². The van der Waals surface area contributed by atoms with E-state index < -0.39 is 6.61 Å². The van der Waals surface area contributed by atoms with Crippen molar-refractivity contribution in [1.82, 2.24) is 10.6 Å². The summed E-state index contributed by atoms with van der Waals surface area (Å²) in [7, 11) is 3.14. The van der Waals surface area contributed by atoms with Gasteiger partial charge in [0.05, 0.1) is 7.11 Å². The normalized spacial score (nSPS) is 11.3. The SMILES string of the molecule is CN=C(NCCCC(C)C)NCc1ccc(OC)cc1OC(F)F.I. The van der Waals surface area contributed by atoms with E-state index in [0.717, 1.165) is 19.4 Å². The molecule has 0 aliphatic heterocycles. The van der Waals surface area contributed by atoms with Crippen LogP contribution in [0, 0.1) is 5.92 Å². The highest BCUT2D eigenvalue weighted by atomic mass is 127. The summed E-state index contributed by atoms with van der Waals surface area (Å²) < 4.78 is 34.7. The molecule has 0 heterocycles. The molecule has 0 radical (unpaired) electrons. The van der Waals surface area contributed by atoms with Gasteiger partial charge in [-0.15, -0.1) is 24.0 Å². The van der Waals surface area contributed by atoms with Crippen LogP contribution in [0.2, 0.25) is 0 Å². The van der Waals surface area contributed by atoms with Crippen molar-refractivity contribution in [2.24, 2.45) is 10.9 Å². The number of ether oxygens (including phenoxy) is 2. The van der Waals surface area contributed by atoms with E-state index in [2.05, 4.69) is 34.2 Å². The van der Waals surface area contributed by atoms with Gasteiger partial charge in [-0.1, -0.05) is 13.8 Å². The smallest absolute Gasteiger partial charge is 0.387 e. The maximum atomic E-state index is 12.6. The highest BCUT2D eigenvalue weighted by Crippen LogP contribution is 2.26. The Morgan fingerprint density at radius 1 is 1.24 bits per heavy atom. The molecule has 25 heavy (non-hydrogen) atoms. The summed E-state index contributed by atoms with van der Waals surface area (Å²) in [5, 5.41) is 6.30. The van der Waals surface area contributed by atoms with Crippen LogP contribution in [-0.4, -0.2) is 33.3 Å². The van der Waals surface area contributed by atoms with E-state index in [-0.39, 0.29) is 29.7 Å². The van der Waals surface area contributed by atoms with E-state index in [1.807, 2.05) is 0 Å². The van der Waals surface area contributed by atoms with Gasteiger partial charge in [0.2, 0.25) is 0 Å². The second kappa shape index (κ2) is 13.0. The molecule has 2 N–H and O–H groups in total. The third kappa shape index (κ3) is 9.66. The van der Waals surface area contributed by atoms with Gasteiger partial charge in [0.1, 0.15) is 11.5 Å². The first-order valence-electron chi connectivity index (χ1n) is 8.02. The van der Waals surface area contributed by atoms with E-state index in [1.54, 1.807) is 19.2 Å². The number of hydrogen-bond donors (Lipinski definition) is 2. The van der Waals surface area contributed by atoms with Crippen LogP contribution in [0.25, 0.3) is 0 Å². The number of guanidine groups is 1. The lowest BCUT2D eigenvalue weighted by Crippen LogP contribution is -2.37. The van der Waals surface area contributed by atoms with Gasteiger partial charge in [0, 0.05) is 31.8 Å². The molecule has 0 aromatic heterocycles. The van der Waals surface area contributed by atoms with Gasteiger partial charge in [0.15, 0.2) is 5.96 Å². The fraction of sp³-hybridized carbons (Fsp3) is 0.588. The van der Waals surface area contributed by atoms with Gasteiger partial charge < -0.3 is 20.1 Å². The Hall–Kier alpha value is -1.32. The van der Waals surface area contributed by atoms with Crippen molar-refractivity contribution in [3.05, 3.63) is 23.8 Å². The molecular weight excluding hydrogens is 443 g/mol. The highest BCUT2D eigenvalue weighted by molar-refractivity contribution is 14.0. The van der Waals surface area contributed by atoms with Gasteiger partial charge in [0.25, 0.3) is 0 Å². The van der Waals surface area contributed by atoms with Gasteiger partial charge in [-0.05, 0) is 30.9 Å². The summed E-state index contributed by atoms with van der Waals surface area (Å²) in [5.41, 5.74) is 0.598. The van der Waals surface area contributed by atoms with E-state index in [0.29, 0.717) is 29.7 Å². The zero-order valence-electron chi connectivity index (χ0n) is 15.1. The fourth-order valence-electron chi connectivity index (χ4n) is 2.13. The quantitative estimate of drug-likeness (QED) is 0.247. The number of hydrogen-bond acceptors (Lipinski definition) is 3. The summed E-state index contributed by atoms with van der Waals surface area (Å²) in [6, 6.07) is 4.84. The van der Waals surface area contributed by atoms with Crippen LogP contribution in [0.3, 0.4) is 0 Å². The van der Waals surface area contributed by atoms with Crippen molar-refractivity contribution in [2.45, 2.75) is 39.8 Å². The first-order chi connectivity index (χ1) is 11.5. The Labute approximate surface area is 165 Å². The minimum Gasteiger partial charge on any atom is -0.497 e. The van der Waals surface area contributed by atoms with Crippen molar-refractivity contribution in [1.29, 1.82) is 0 Å². The monoisotopic (exact) mass is 471 g/mol. The lowest BCUT2D eigenvalue weighted by atomic mass is 10.1. The van der Waals surface area contributed by atoms with Gasteiger partial charge >= 0.3 is 6.61 Å². The Morgan fingerprint density at radius 3 is 2.52 bits per heavy atom. The maximum Gasteiger partial charge on any atom is 0.387 e. The molecule has 0 saturated carbocycles. The fourth-order valence-corrected chi connectivity index (χ4v) is 2.13. The molecule has 0 atom stereocenters. The average molecular weight is 471 g/mol. The zero-order valence-corrected chi connectivity index (χ0v) is 17.5. The first-order valence-corrected chi connectivity index (χ1v) is 8.02. The topological polar surface area (TPSA) is 54.9 Å². The molecule has 0 amide bonds. The molecule has 0 saturated heterocycles. The lowest BCUT2D eigenvalue weighted by molar-refractivity contribution is -0.0505. The van der Waals surface area contributed by atoms with Gasteiger partial charge in [-0.25, -0.2) is 0 Å². The van der Waals surface area contributed by atoms with Crippen LogP contribution in [0.4, 0.5) is 8.78 Å². The van der Waals surface area contributed by atoms with Gasteiger partial charge in [-0.3, -0.25) is 4.99 Å². The molecule has 144 valence electrons. The molecule has 1 rings (SSSR count). The molecule has 0 unspecified atom stereocenters. The molecule has 1 aromatic rings. The third-order valence-corrected chi connectivity index (χ3v) is 3.41. The molecule has 1 aromatic carbocycles. The lowest BCUT2D eigenvalue weighted by Gasteiger charge is -2.15. The second-order valence-electron chi connectivity index (χ2n) is 5.74. The maximum absolute atomic E-state index is 12.6. The number of methoxy groups -OCH3 is 1. The Balaban J connectivity index is 0.00000576. The second-order valence-corrected chi connectivity index (χ2v) is 5.74. The zero-order chi connectivity index (χ0) is 17.9. The van der Waals surface area contributed by atoms with Crippen molar-refractivity contribution in [2.75, 3.05) is 20.7 Å². The van der Waals surface area contributed by atoms with E-state index in [9.17, 15) is 8.78 Å². The molecule has 0 fully saturated rings. The van der Waals surface area contributed by atoms with Crippen molar-refractivity contribution >= 4 is 29.9 Å². The number of halogens is 3. The first kappa shape index (κ1) is 23.7. The van der Waals surface area contributed by atoms with Crippen LogP contribution in [0.1, 0.15) is 32.3 Å². The van der Waals surface area contributed by atoms with Crippen LogP contribution in [-0.2, 0) is 6.54 Å². The van der Waals surface area contributed by atoms with Crippen LogP contribution in [0.5, 0.6) is 11.5 Å². The molecule has 5 nitrogen and oxygen atoms in total. The number of alkyl halides is 2. The average Bonchev–Trinajstić information content (AvgIpc) is 2.54. The number of aliphatic imine (C=N–C) groups is 1. The summed E-state index contributed by atoms with van der Waals surface area (Å²) in [5.74, 6) is 1.84. The molecular formula is C17H28F2IN3O2. The molecule has 0 bridgehead atoms. The minimum absolute atomic E-state index is 0. The predicted octanol–water partition coefficient (Wildman–Crippen LogP) is 4.02. The van der Waals surface area contributed by atoms with Crippen molar-refractivity contribution in [3.63, 3.8) is 0 Å². The summed E-state index contributed by atoms with van der Waals surface area (Å²) in [6.45, 7) is 2.60. The molecule has 0 aliphatic rings. The highest BCUT2D eigenvalue weighted by Gasteiger charge is 2.11. The van der Waals surface area contributed by atoms with Crippen LogP contribution >= 0.6 is 24.0 Å². The Kier molecular flexibility index (Phi) is 12.3. The van der Waals surface area contributed by atoms with E-state index in [4.69, 9.17) is 4.74 Å². The minimum atomic E-state index is -2.88. The summed E-state index contributed by atoms with van der Waals surface area (Å²) in [4.78, 5) is 4.12. The Bertz CT molecular complexity index is 529. The van der Waals surface area contributed by atoms with E-state index >= 15 is 0 Å². The number of rotatable bonds is 9. The van der Waals surface area contributed by atoms with Crippen LogP contribution < -0.4 is 20.1 Å². The summed E-state index contributed by atoms with van der Waals surface area (Å²) >= 11 is 0. The molecule has 0 spiro atoms. The number of nitrogens with one attached hydrogen (secondary N) is 2. The number of benzene rings is 1. The van der Waals surface area contributed by atoms with Crippen LogP contribution in [0.15, 0.2) is 23.2 Å². The predicted molar refractivity (Wildman–Crippen MR) is 107 cm³/mol.